The molecule has 4 aromatic rings. The molecule has 6 nitrogen and oxygen atoms in total. The van der Waals surface area contributed by atoms with Crippen molar-refractivity contribution in [3.8, 4) is 11.6 Å². The number of aromatic nitrogens is 4. The lowest BCUT2D eigenvalue weighted by Crippen LogP contribution is -1.96. The first-order chi connectivity index (χ1) is 12.7. The van der Waals surface area contributed by atoms with Gasteiger partial charge < -0.3 is 8.94 Å². The standard InChI is InChI=1S/C19H18N4O2S/c1-3-7-16-21-18(25-23-16)12(2)26-19-13-8-4-5-9-14(13)20-17(22-19)15-10-6-11-24-15/h4-6,8-12H,3,7H2,1-2H3. The number of aryl methyl sites for hydroxylation is 1. The van der Waals surface area contributed by atoms with Gasteiger partial charge in [0.05, 0.1) is 17.0 Å². The van der Waals surface area contributed by atoms with E-state index in [0.29, 0.717) is 17.5 Å². The second-order valence-corrected chi connectivity index (χ2v) is 7.24. The summed E-state index contributed by atoms with van der Waals surface area (Å²) in [6.45, 7) is 4.13. The Morgan fingerprint density at radius 1 is 1.08 bits per heavy atom. The van der Waals surface area contributed by atoms with E-state index in [-0.39, 0.29) is 5.25 Å². The van der Waals surface area contributed by atoms with Crippen LogP contribution in [-0.4, -0.2) is 20.1 Å². The lowest BCUT2D eigenvalue weighted by atomic mass is 10.2. The molecule has 3 heterocycles. The monoisotopic (exact) mass is 366 g/mol. The lowest BCUT2D eigenvalue weighted by Gasteiger charge is -2.10. The molecule has 26 heavy (non-hydrogen) atoms. The van der Waals surface area contributed by atoms with Crippen LogP contribution in [0.2, 0.25) is 0 Å². The Bertz CT molecular complexity index is 1010. The van der Waals surface area contributed by atoms with Crippen LogP contribution in [0.5, 0.6) is 0 Å². The molecule has 0 saturated heterocycles. The summed E-state index contributed by atoms with van der Waals surface area (Å²) in [5, 5.41) is 5.88. The van der Waals surface area contributed by atoms with Gasteiger partial charge in [-0.2, -0.15) is 4.98 Å². The van der Waals surface area contributed by atoms with Crippen molar-refractivity contribution < 1.29 is 8.94 Å². The van der Waals surface area contributed by atoms with Gasteiger partial charge in [0.15, 0.2) is 17.4 Å². The van der Waals surface area contributed by atoms with Crippen molar-refractivity contribution in [2.75, 3.05) is 0 Å². The maximum atomic E-state index is 5.47. The normalized spacial score (nSPS) is 12.5. The number of thioether (sulfide) groups is 1. The first-order valence-corrected chi connectivity index (χ1v) is 9.42. The highest BCUT2D eigenvalue weighted by Crippen LogP contribution is 2.37. The van der Waals surface area contributed by atoms with Gasteiger partial charge in [0.25, 0.3) is 0 Å². The largest absolute Gasteiger partial charge is 0.461 e. The van der Waals surface area contributed by atoms with E-state index in [1.165, 1.54) is 0 Å². The Balaban J connectivity index is 1.70. The second kappa shape index (κ2) is 7.29. The Morgan fingerprint density at radius 3 is 2.77 bits per heavy atom. The average molecular weight is 366 g/mol. The van der Waals surface area contributed by atoms with Gasteiger partial charge >= 0.3 is 0 Å². The molecule has 1 unspecified atom stereocenters. The van der Waals surface area contributed by atoms with Crippen molar-refractivity contribution in [3.63, 3.8) is 0 Å². The van der Waals surface area contributed by atoms with Gasteiger partial charge in [-0.05, 0) is 31.5 Å². The van der Waals surface area contributed by atoms with Crippen LogP contribution in [-0.2, 0) is 6.42 Å². The molecule has 132 valence electrons. The molecule has 4 rings (SSSR count). The molecule has 3 aromatic heterocycles. The van der Waals surface area contributed by atoms with Crippen molar-refractivity contribution >= 4 is 22.7 Å². The van der Waals surface area contributed by atoms with Crippen molar-refractivity contribution in [2.45, 2.75) is 37.0 Å². The number of furan rings is 1. The Kier molecular flexibility index (Phi) is 4.71. The van der Waals surface area contributed by atoms with Crippen LogP contribution < -0.4 is 0 Å². The van der Waals surface area contributed by atoms with Crippen LogP contribution in [0.25, 0.3) is 22.5 Å². The fraction of sp³-hybridized carbons (Fsp3) is 0.263. The summed E-state index contributed by atoms with van der Waals surface area (Å²) in [4.78, 5) is 13.8. The van der Waals surface area contributed by atoms with Crippen LogP contribution in [0.4, 0.5) is 0 Å². The number of benzene rings is 1. The minimum absolute atomic E-state index is 0.0177. The zero-order valence-electron chi connectivity index (χ0n) is 14.5. The topological polar surface area (TPSA) is 77.8 Å². The molecule has 0 amide bonds. The maximum Gasteiger partial charge on any atom is 0.239 e. The van der Waals surface area contributed by atoms with E-state index in [4.69, 9.17) is 13.9 Å². The molecule has 0 radical (unpaired) electrons. The molecule has 1 aromatic carbocycles. The second-order valence-electron chi connectivity index (χ2n) is 5.91. The summed E-state index contributed by atoms with van der Waals surface area (Å²) in [6.07, 6.45) is 3.43. The van der Waals surface area contributed by atoms with Crippen molar-refractivity contribution in [1.82, 2.24) is 20.1 Å². The Morgan fingerprint density at radius 2 is 1.96 bits per heavy atom. The highest BCUT2D eigenvalue weighted by Gasteiger charge is 2.19. The van der Waals surface area contributed by atoms with E-state index >= 15 is 0 Å². The van der Waals surface area contributed by atoms with E-state index in [2.05, 4.69) is 22.0 Å². The maximum absolute atomic E-state index is 5.47. The molecule has 0 aliphatic heterocycles. The van der Waals surface area contributed by atoms with Gasteiger partial charge in [0.2, 0.25) is 5.89 Å². The molecular formula is C19H18N4O2S. The highest BCUT2D eigenvalue weighted by atomic mass is 32.2. The molecule has 1 atom stereocenters. The molecule has 0 aliphatic carbocycles. The summed E-state index contributed by atoms with van der Waals surface area (Å²) in [5.41, 5.74) is 0.876. The lowest BCUT2D eigenvalue weighted by molar-refractivity contribution is 0.374. The highest BCUT2D eigenvalue weighted by molar-refractivity contribution is 7.99. The Labute approximate surface area is 155 Å². The quantitative estimate of drug-likeness (QED) is 0.348. The fourth-order valence-corrected chi connectivity index (χ4v) is 3.60. The van der Waals surface area contributed by atoms with E-state index in [1.807, 2.05) is 43.3 Å². The van der Waals surface area contributed by atoms with Gasteiger partial charge in [0.1, 0.15) is 5.03 Å². The average Bonchev–Trinajstić information content (AvgIpc) is 3.34. The third kappa shape index (κ3) is 3.35. The SMILES string of the molecule is CCCc1noc(C(C)Sc2nc(-c3ccco3)nc3ccccc23)n1. The molecule has 0 aliphatic rings. The van der Waals surface area contributed by atoms with E-state index in [0.717, 1.165) is 34.6 Å². The van der Waals surface area contributed by atoms with E-state index < -0.39 is 0 Å². The molecule has 0 spiro atoms. The van der Waals surface area contributed by atoms with Crippen molar-refractivity contribution in [3.05, 3.63) is 54.4 Å². The van der Waals surface area contributed by atoms with Gasteiger partial charge in [-0.25, -0.2) is 9.97 Å². The number of nitrogens with zero attached hydrogens (tertiary/aromatic N) is 4. The van der Waals surface area contributed by atoms with Crippen LogP contribution in [0.3, 0.4) is 0 Å². The molecule has 0 N–H and O–H groups in total. The third-order valence-corrected chi connectivity index (χ3v) is 4.99. The first kappa shape index (κ1) is 16.8. The van der Waals surface area contributed by atoms with Gasteiger partial charge in [-0.3, -0.25) is 0 Å². The van der Waals surface area contributed by atoms with Crippen LogP contribution in [0, 0.1) is 0 Å². The van der Waals surface area contributed by atoms with Crippen molar-refractivity contribution in [1.29, 1.82) is 0 Å². The number of hydrogen-bond acceptors (Lipinski definition) is 7. The van der Waals surface area contributed by atoms with Gasteiger partial charge in [0, 0.05) is 11.8 Å². The number of fused-ring (bicyclic) bond motifs is 1. The van der Waals surface area contributed by atoms with Crippen LogP contribution in [0.15, 0.2) is 56.6 Å². The summed E-state index contributed by atoms with van der Waals surface area (Å²) in [6, 6.07) is 11.6. The summed E-state index contributed by atoms with van der Waals surface area (Å²) in [7, 11) is 0. The van der Waals surface area contributed by atoms with Crippen LogP contribution >= 0.6 is 11.8 Å². The summed E-state index contributed by atoms with van der Waals surface area (Å²) < 4.78 is 10.9. The predicted octanol–water partition coefficient (Wildman–Crippen LogP) is 5.08. The Hall–Kier alpha value is -2.67. The van der Waals surface area contributed by atoms with Crippen LogP contribution in [0.1, 0.15) is 37.2 Å². The number of para-hydroxylation sites is 1. The molecule has 0 fully saturated rings. The molecule has 0 saturated carbocycles. The van der Waals surface area contributed by atoms with Gasteiger partial charge in [-0.15, -0.1) is 0 Å². The summed E-state index contributed by atoms with van der Waals surface area (Å²) >= 11 is 1.58. The first-order valence-electron chi connectivity index (χ1n) is 8.54. The third-order valence-electron chi connectivity index (χ3n) is 3.90. The number of rotatable bonds is 6. The van der Waals surface area contributed by atoms with Crippen molar-refractivity contribution in [2.24, 2.45) is 0 Å². The van der Waals surface area contributed by atoms with E-state index in [1.54, 1.807) is 18.0 Å². The molecular weight excluding hydrogens is 348 g/mol. The van der Waals surface area contributed by atoms with E-state index in [9.17, 15) is 0 Å². The fourth-order valence-electron chi connectivity index (χ4n) is 2.63. The molecule has 7 heteroatoms. The molecule has 0 bridgehead atoms. The zero-order valence-corrected chi connectivity index (χ0v) is 15.4. The summed E-state index contributed by atoms with van der Waals surface area (Å²) in [5.74, 6) is 2.58. The minimum atomic E-state index is -0.0177. The zero-order chi connectivity index (χ0) is 17.9. The predicted molar refractivity (Wildman–Crippen MR) is 99.8 cm³/mol. The number of hydrogen-bond donors (Lipinski definition) is 0. The smallest absolute Gasteiger partial charge is 0.239 e. The van der Waals surface area contributed by atoms with Gasteiger partial charge in [-0.1, -0.05) is 42.0 Å². The minimum Gasteiger partial charge on any atom is -0.461 e.